The summed E-state index contributed by atoms with van der Waals surface area (Å²) in [6, 6.07) is 15.7. The molecule has 32 heavy (non-hydrogen) atoms. The van der Waals surface area contributed by atoms with E-state index in [0.29, 0.717) is 17.9 Å². The summed E-state index contributed by atoms with van der Waals surface area (Å²) in [6.07, 6.45) is 1.29. The quantitative estimate of drug-likeness (QED) is 0.419. The van der Waals surface area contributed by atoms with Crippen molar-refractivity contribution in [2.75, 3.05) is 24.9 Å². The van der Waals surface area contributed by atoms with Crippen LogP contribution >= 0.6 is 27.3 Å². The van der Waals surface area contributed by atoms with Crippen LogP contribution in [0.2, 0.25) is 0 Å². The number of rotatable bonds is 4. The molecule has 7 heteroatoms. The van der Waals surface area contributed by atoms with Crippen molar-refractivity contribution in [2.24, 2.45) is 0 Å². The molecule has 0 saturated carbocycles. The maximum Gasteiger partial charge on any atom is 0.163 e. The molecule has 1 aliphatic carbocycles. The highest BCUT2D eigenvalue weighted by atomic mass is 79.9. The minimum Gasteiger partial charge on any atom is -0.493 e. The van der Waals surface area contributed by atoms with Gasteiger partial charge in [0.05, 0.1) is 31.6 Å². The molecule has 164 valence electrons. The summed E-state index contributed by atoms with van der Waals surface area (Å²) in [4.78, 5) is 14.9. The Morgan fingerprint density at radius 2 is 1.75 bits per heavy atom. The van der Waals surface area contributed by atoms with Crippen molar-refractivity contribution in [1.82, 2.24) is 0 Å². The number of thiophene rings is 1. The van der Waals surface area contributed by atoms with E-state index in [4.69, 9.17) is 9.47 Å². The second-order valence-corrected chi connectivity index (χ2v) is 9.75. The molecule has 0 radical (unpaired) electrons. The number of carbonyl (C=O) groups excluding carboxylic acids is 1. The number of nitrogens with one attached hydrogen (secondary N) is 2. The summed E-state index contributed by atoms with van der Waals surface area (Å²) in [5.41, 5.74) is 4.61. The van der Waals surface area contributed by atoms with Gasteiger partial charge in [0.25, 0.3) is 0 Å². The van der Waals surface area contributed by atoms with Crippen LogP contribution in [-0.2, 0) is 4.79 Å². The predicted octanol–water partition coefficient (Wildman–Crippen LogP) is 6.51. The van der Waals surface area contributed by atoms with E-state index < -0.39 is 0 Å². The number of hydrogen-bond donors (Lipinski definition) is 2. The van der Waals surface area contributed by atoms with Crippen LogP contribution < -0.4 is 20.1 Å². The third-order valence-electron chi connectivity index (χ3n) is 6.07. The number of ether oxygens (including phenoxy) is 2. The highest BCUT2D eigenvalue weighted by Crippen LogP contribution is 2.47. The van der Waals surface area contributed by atoms with E-state index >= 15 is 0 Å². The van der Waals surface area contributed by atoms with Crippen LogP contribution in [0.25, 0.3) is 0 Å². The number of allylic oxidation sites excluding steroid dienone is 1. The normalized spacial score (nSPS) is 19.9. The Kier molecular flexibility index (Phi) is 5.69. The lowest BCUT2D eigenvalue weighted by atomic mass is 9.80. The molecular formula is C25H23BrN2O3S. The zero-order valence-corrected chi connectivity index (χ0v) is 20.2. The minimum atomic E-state index is -0.327. The molecular weight excluding hydrogens is 488 g/mol. The number of fused-ring (bicyclic) bond motifs is 1. The summed E-state index contributed by atoms with van der Waals surface area (Å²) in [6.45, 7) is 0. The van der Waals surface area contributed by atoms with Gasteiger partial charge in [-0.2, -0.15) is 0 Å². The topological polar surface area (TPSA) is 59.6 Å². The zero-order valence-electron chi connectivity index (χ0n) is 17.8. The van der Waals surface area contributed by atoms with Crippen LogP contribution in [0.5, 0.6) is 11.5 Å². The number of anilines is 2. The molecule has 0 bridgehead atoms. The average Bonchev–Trinajstić information content (AvgIpc) is 3.28. The van der Waals surface area contributed by atoms with Crippen molar-refractivity contribution in [3.05, 3.63) is 80.1 Å². The van der Waals surface area contributed by atoms with E-state index in [9.17, 15) is 4.79 Å². The van der Waals surface area contributed by atoms with Gasteiger partial charge < -0.3 is 20.1 Å². The summed E-state index contributed by atoms with van der Waals surface area (Å²) in [5.74, 6) is 1.61. The molecule has 3 aromatic rings. The first-order valence-electron chi connectivity index (χ1n) is 10.4. The molecule has 1 aliphatic heterocycles. The van der Waals surface area contributed by atoms with Gasteiger partial charge >= 0.3 is 0 Å². The molecule has 0 spiro atoms. The number of carbonyl (C=O) groups is 1. The maximum atomic E-state index is 13.6. The number of methoxy groups -OCH3 is 2. The van der Waals surface area contributed by atoms with Crippen LogP contribution in [0.1, 0.15) is 35.2 Å². The predicted molar refractivity (Wildman–Crippen MR) is 132 cm³/mol. The molecule has 2 atom stereocenters. The molecule has 5 rings (SSSR count). The number of ketones is 1. The molecule has 2 aliphatic rings. The van der Waals surface area contributed by atoms with E-state index in [1.807, 2.05) is 36.4 Å². The number of para-hydroxylation sites is 2. The van der Waals surface area contributed by atoms with Crippen LogP contribution in [0.4, 0.5) is 11.4 Å². The van der Waals surface area contributed by atoms with Crippen molar-refractivity contribution in [3.8, 4) is 11.5 Å². The highest BCUT2D eigenvalue weighted by molar-refractivity contribution is 9.10. The summed E-state index contributed by atoms with van der Waals surface area (Å²) < 4.78 is 11.9. The summed E-state index contributed by atoms with van der Waals surface area (Å²) in [7, 11) is 3.24. The first kappa shape index (κ1) is 21.1. The van der Waals surface area contributed by atoms with Gasteiger partial charge in [-0.15, -0.1) is 11.3 Å². The fourth-order valence-electron chi connectivity index (χ4n) is 4.54. The second-order valence-electron chi connectivity index (χ2n) is 7.91. The average molecular weight is 511 g/mol. The monoisotopic (exact) mass is 510 g/mol. The molecule has 0 unspecified atom stereocenters. The summed E-state index contributed by atoms with van der Waals surface area (Å²) in [5, 5.41) is 9.28. The molecule has 0 saturated heterocycles. The van der Waals surface area contributed by atoms with Crippen molar-refractivity contribution in [3.63, 3.8) is 0 Å². The maximum absolute atomic E-state index is 13.6. The Labute approximate surface area is 199 Å². The largest absolute Gasteiger partial charge is 0.493 e. The van der Waals surface area contributed by atoms with Gasteiger partial charge in [0.1, 0.15) is 0 Å². The minimum absolute atomic E-state index is 0.157. The zero-order chi connectivity index (χ0) is 22.2. The Morgan fingerprint density at radius 3 is 2.47 bits per heavy atom. The Bertz CT molecular complexity index is 1210. The number of halogens is 1. The lowest BCUT2D eigenvalue weighted by Gasteiger charge is -2.30. The van der Waals surface area contributed by atoms with Gasteiger partial charge in [-0.1, -0.05) is 34.1 Å². The first-order chi connectivity index (χ1) is 15.6. The summed E-state index contributed by atoms with van der Waals surface area (Å²) >= 11 is 5.42. The van der Waals surface area contributed by atoms with Crippen molar-refractivity contribution in [2.45, 2.75) is 24.8 Å². The van der Waals surface area contributed by atoms with Gasteiger partial charge in [-0.05, 0) is 47.7 Å². The van der Waals surface area contributed by atoms with Gasteiger partial charge in [0.2, 0.25) is 0 Å². The lowest BCUT2D eigenvalue weighted by Crippen LogP contribution is -2.26. The van der Waals surface area contributed by atoms with Crippen LogP contribution in [0, 0.1) is 0 Å². The van der Waals surface area contributed by atoms with Gasteiger partial charge in [-0.25, -0.2) is 0 Å². The van der Waals surface area contributed by atoms with Gasteiger partial charge in [-0.3, -0.25) is 4.79 Å². The number of hydrogen-bond acceptors (Lipinski definition) is 6. The standard InChI is InChI=1S/C25H23BrN2O3S/c1-30-21-12-15(16(26)13-22(21)31-2)25-24-19(27-17-6-3-4-7-18(17)28-25)10-14(11-20(24)29)23-8-5-9-32-23/h3-9,12-14,25,27-28H,10-11H2,1-2H3/t14-,25+/m1/s1. The van der Waals surface area contributed by atoms with Gasteiger partial charge in [0.15, 0.2) is 17.3 Å². The molecule has 5 nitrogen and oxygen atoms in total. The third kappa shape index (κ3) is 3.69. The number of benzene rings is 2. The van der Waals surface area contributed by atoms with E-state index in [0.717, 1.165) is 39.1 Å². The SMILES string of the molecule is COc1cc(Br)c([C@@H]2Nc3ccccc3NC3=C2C(=O)C[C@H](c2cccs2)C3)cc1OC. The fraction of sp³-hybridized carbons (Fsp3) is 0.240. The van der Waals surface area contributed by atoms with Crippen LogP contribution in [0.3, 0.4) is 0 Å². The Hall–Kier alpha value is -2.77. The fourth-order valence-corrected chi connectivity index (χ4v) is 5.92. The highest BCUT2D eigenvalue weighted by Gasteiger charge is 2.37. The Morgan fingerprint density at radius 1 is 1.00 bits per heavy atom. The molecule has 2 N–H and O–H groups in total. The van der Waals surface area contributed by atoms with E-state index in [1.165, 1.54) is 4.88 Å². The van der Waals surface area contributed by atoms with Gasteiger partial charge in [0, 0.05) is 33.0 Å². The third-order valence-corrected chi connectivity index (χ3v) is 7.79. The van der Waals surface area contributed by atoms with Crippen LogP contribution in [0.15, 0.2) is 69.7 Å². The van der Waals surface area contributed by atoms with E-state index in [-0.39, 0.29) is 17.7 Å². The van der Waals surface area contributed by atoms with Crippen molar-refractivity contribution in [1.29, 1.82) is 0 Å². The number of Topliss-reactive ketones (excluding diaryl/α,β-unsaturated/α-hetero) is 1. The first-order valence-corrected chi connectivity index (χ1v) is 12.1. The van der Waals surface area contributed by atoms with Crippen LogP contribution in [-0.4, -0.2) is 20.0 Å². The molecule has 2 aromatic carbocycles. The molecule has 0 amide bonds. The Balaban J connectivity index is 1.66. The second kappa shape index (κ2) is 8.64. The lowest BCUT2D eigenvalue weighted by molar-refractivity contribution is -0.116. The van der Waals surface area contributed by atoms with Crippen molar-refractivity contribution < 1.29 is 14.3 Å². The molecule has 1 aromatic heterocycles. The van der Waals surface area contributed by atoms with E-state index in [2.05, 4.69) is 44.1 Å². The molecule has 0 fully saturated rings. The smallest absolute Gasteiger partial charge is 0.163 e. The molecule has 2 heterocycles. The van der Waals surface area contributed by atoms with Crippen molar-refractivity contribution >= 4 is 44.4 Å². The van der Waals surface area contributed by atoms with E-state index in [1.54, 1.807) is 25.6 Å².